The number of nitrogens with one attached hydrogen (secondary N) is 1. The Kier molecular flexibility index (Phi) is 3.91. The second kappa shape index (κ2) is 5.44. The SMILES string of the molecule is CC(C)(C)Nc1nc(CSc2ccccc2)no1. The summed E-state index contributed by atoms with van der Waals surface area (Å²) in [7, 11) is 0. The van der Waals surface area contributed by atoms with Crippen molar-refractivity contribution in [1.82, 2.24) is 10.1 Å². The quantitative estimate of drug-likeness (QED) is 0.855. The lowest BCUT2D eigenvalue weighted by molar-refractivity contribution is 0.414. The fourth-order valence-corrected chi connectivity index (χ4v) is 2.11. The van der Waals surface area contributed by atoms with Crippen molar-refractivity contribution in [2.45, 2.75) is 37.0 Å². The summed E-state index contributed by atoms with van der Waals surface area (Å²) in [5.41, 5.74) is -0.0730. The van der Waals surface area contributed by atoms with Crippen LogP contribution >= 0.6 is 11.8 Å². The molecule has 0 unspecified atom stereocenters. The molecule has 96 valence electrons. The average molecular weight is 263 g/mol. The van der Waals surface area contributed by atoms with E-state index in [9.17, 15) is 0 Å². The molecule has 5 heteroatoms. The minimum atomic E-state index is -0.0730. The predicted octanol–water partition coefficient (Wildman–Crippen LogP) is 3.57. The normalized spacial score (nSPS) is 11.5. The first-order chi connectivity index (χ1) is 8.53. The van der Waals surface area contributed by atoms with Crippen LogP contribution in [0.1, 0.15) is 26.6 Å². The van der Waals surface area contributed by atoms with Crippen LogP contribution in [0.25, 0.3) is 0 Å². The Bertz CT molecular complexity index is 490. The Morgan fingerprint density at radius 1 is 1.22 bits per heavy atom. The van der Waals surface area contributed by atoms with Gasteiger partial charge in [0, 0.05) is 10.4 Å². The second-order valence-corrected chi connectivity index (χ2v) is 6.04. The van der Waals surface area contributed by atoms with E-state index in [-0.39, 0.29) is 5.54 Å². The first kappa shape index (κ1) is 13.0. The highest BCUT2D eigenvalue weighted by molar-refractivity contribution is 7.98. The highest BCUT2D eigenvalue weighted by Gasteiger charge is 2.14. The lowest BCUT2D eigenvalue weighted by atomic mass is 10.1. The van der Waals surface area contributed by atoms with E-state index in [0.29, 0.717) is 17.6 Å². The second-order valence-electron chi connectivity index (χ2n) is 4.99. The fourth-order valence-electron chi connectivity index (χ4n) is 1.35. The molecule has 0 aliphatic rings. The molecule has 0 aliphatic carbocycles. The third-order valence-electron chi connectivity index (χ3n) is 2.06. The van der Waals surface area contributed by atoms with Crippen LogP contribution in [0.5, 0.6) is 0 Å². The molecule has 0 radical (unpaired) electrons. The van der Waals surface area contributed by atoms with Crippen molar-refractivity contribution in [3.8, 4) is 0 Å². The van der Waals surface area contributed by atoms with E-state index in [1.54, 1.807) is 11.8 Å². The lowest BCUT2D eigenvalue weighted by Gasteiger charge is -2.17. The van der Waals surface area contributed by atoms with Crippen LogP contribution in [0.3, 0.4) is 0 Å². The van der Waals surface area contributed by atoms with Crippen molar-refractivity contribution >= 4 is 17.8 Å². The molecular weight excluding hydrogens is 246 g/mol. The fraction of sp³-hybridized carbons (Fsp3) is 0.385. The topological polar surface area (TPSA) is 51.0 Å². The Hall–Kier alpha value is -1.49. The number of thioether (sulfide) groups is 1. The van der Waals surface area contributed by atoms with Crippen molar-refractivity contribution < 1.29 is 4.52 Å². The van der Waals surface area contributed by atoms with Gasteiger partial charge in [-0.3, -0.25) is 0 Å². The zero-order valence-electron chi connectivity index (χ0n) is 10.8. The number of aromatic nitrogens is 2. The van der Waals surface area contributed by atoms with Crippen LogP contribution in [-0.4, -0.2) is 15.7 Å². The minimum absolute atomic E-state index is 0.0730. The molecule has 0 spiro atoms. The third kappa shape index (κ3) is 4.07. The molecule has 0 saturated heterocycles. The minimum Gasteiger partial charge on any atom is -0.333 e. The first-order valence-electron chi connectivity index (χ1n) is 5.81. The van der Waals surface area contributed by atoms with E-state index in [1.807, 2.05) is 18.2 Å². The van der Waals surface area contributed by atoms with Crippen molar-refractivity contribution in [3.05, 3.63) is 36.2 Å². The van der Waals surface area contributed by atoms with Crippen LogP contribution in [0, 0.1) is 0 Å². The van der Waals surface area contributed by atoms with Crippen LogP contribution in [0.4, 0.5) is 6.01 Å². The monoisotopic (exact) mass is 263 g/mol. The van der Waals surface area contributed by atoms with Crippen LogP contribution in [0.15, 0.2) is 39.8 Å². The molecule has 18 heavy (non-hydrogen) atoms. The van der Waals surface area contributed by atoms with Gasteiger partial charge in [0.15, 0.2) is 5.82 Å². The van der Waals surface area contributed by atoms with Gasteiger partial charge in [0.05, 0.1) is 5.75 Å². The highest BCUT2D eigenvalue weighted by atomic mass is 32.2. The van der Waals surface area contributed by atoms with Gasteiger partial charge in [-0.2, -0.15) is 4.98 Å². The van der Waals surface area contributed by atoms with Crippen molar-refractivity contribution in [2.75, 3.05) is 5.32 Å². The maximum atomic E-state index is 5.14. The molecule has 0 saturated carbocycles. The first-order valence-corrected chi connectivity index (χ1v) is 6.80. The molecule has 1 aromatic carbocycles. The molecule has 4 nitrogen and oxygen atoms in total. The molecule has 0 atom stereocenters. The highest BCUT2D eigenvalue weighted by Crippen LogP contribution is 2.21. The largest absolute Gasteiger partial charge is 0.333 e. The smallest absolute Gasteiger partial charge is 0.321 e. The molecule has 0 bridgehead atoms. The Labute approximate surface area is 111 Å². The average Bonchev–Trinajstić information content (AvgIpc) is 2.73. The molecule has 1 aromatic heterocycles. The van der Waals surface area contributed by atoms with E-state index in [0.717, 1.165) is 0 Å². The van der Waals surface area contributed by atoms with Crippen LogP contribution < -0.4 is 5.32 Å². The molecule has 2 rings (SSSR count). The van der Waals surface area contributed by atoms with Gasteiger partial charge in [-0.25, -0.2) is 0 Å². The Balaban J connectivity index is 1.91. The van der Waals surface area contributed by atoms with Gasteiger partial charge in [0.1, 0.15) is 0 Å². The van der Waals surface area contributed by atoms with Crippen molar-refractivity contribution in [2.24, 2.45) is 0 Å². The molecule has 2 aromatic rings. The third-order valence-corrected chi connectivity index (χ3v) is 3.07. The van der Waals surface area contributed by atoms with Gasteiger partial charge >= 0.3 is 6.01 Å². The van der Waals surface area contributed by atoms with Gasteiger partial charge in [0.2, 0.25) is 0 Å². The summed E-state index contributed by atoms with van der Waals surface area (Å²) in [5.74, 6) is 1.41. The summed E-state index contributed by atoms with van der Waals surface area (Å²) >= 11 is 1.69. The zero-order chi connectivity index (χ0) is 13.0. The number of hydrogen-bond acceptors (Lipinski definition) is 5. The van der Waals surface area contributed by atoms with E-state index in [1.165, 1.54) is 4.90 Å². The Morgan fingerprint density at radius 2 is 1.94 bits per heavy atom. The summed E-state index contributed by atoms with van der Waals surface area (Å²) < 4.78 is 5.14. The molecular formula is C13H17N3OS. The van der Waals surface area contributed by atoms with Gasteiger partial charge in [-0.05, 0) is 32.9 Å². The van der Waals surface area contributed by atoms with Gasteiger partial charge in [-0.15, -0.1) is 11.8 Å². The summed E-state index contributed by atoms with van der Waals surface area (Å²) in [6.07, 6.45) is 0. The standard InChI is InChI=1S/C13H17N3OS/c1-13(2,3)15-12-14-11(16-17-12)9-18-10-7-5-4-6-8-10/h4-8H,9H2,1-3H3,(H,14,15,16). The number of benzene rings is 1. The van der Waals surface area contributed by atoms with E-state index < -0.39 is 0 Å². The summed E-state index contributed by atoms with van der Waals surface area (Å²) in [5, 5.41) is 7.10. The maximum Gasteiger partial charge on any atom is 0.321 e. The van der Waals surface area contributed by atoms with Gasteiger partial charge < -0.3 is 9.84 Å². The number of nitrogens with zero attached hydrogens (tertiary/aromatic N) is 2. The van der Waals surface area contributed by atoms with Crippen LogP contribution in [-0.2, 0) is 5.75 Å². The predicted molar refractivity (Wildman–Crippen MR) is 73.7 cm³/mol. The number of anilines is 1. The van der Waals surface area contributed by atoms with Gasteiger partial charge in [-0.1, -0.05) is 23.4 Å². The summed E-state index contributed by atoms with van der Waals surface area (Å²) in [6, 6.07) is 10.7. The molecule has 1 N–H and O–H groups in total. The van der Waals surface area contributed by atoms with E-state index in [2.05, 4.69) is 48.4 Å². The molecule has 0 amide bonds. The lowest BCUT2D eigenvalue weighted by Crippen LogP contribution is -2.26. The maximum absolute atomic E-state index is 5.14. The molecule has 1 heterocycles. The van der Waals surface area contributed by atoms with E-state index >= 15 is 0 Å². The number of rotatable bonds is 4. The van der Waals surface area contributed by atoms with Gasteiger partial charge in [0.25, 0.3) is 0 Å². The molecule has 0 aliphatic heterocycles. The van der Waals surface area contributed by atoms with Crippen molar-refractivity contribution in [1.29, 1.82) is 0 Å². The number of hydrogen-bond donors (Lipinski definition) is 1. The Morgan fingerprint density at radius 3 is 2.61 bits per heavy atom. The summed E-state index contributed by atoms with van der Waals surface area (Å²) in [4.78, 5) is 5.50. The van der Waals surface area contributed by atoms with Crippen LogP contribution in [0.2, 0.25) is 0 Å². The molecule has 0 fully saturated rings. The van der Waals surface area contributed by atoms with Crippen molar-refractivity contribution in [3.63, 3.8) is 0 Å². The zero-order valence-corrected chi connectivity index (χ0v) is 11.6. The summed E-state index contributed by atoms with van der Waals surface area (Å²) in [6.45, 7) is 6.15. The van der Waals surface area contributed by atoms with E-state index in [4.69, 9.17) is 4.52 Å².